The molecule has 0 aliphatic heterocycles. The molecule has 0 radical (unpaired) electrons. The quantitative estimate of drug-likeness (QED) is 0.622. The zero-order valence-electron chi connectivity index (χ0n) is 9.45. The molecule has 0 saturated heterocycles. The molecule has 2 heteroatoms. The van der Waals surface area contributed by atoms with Crippen LogP contribution in [0, 0.1) is 0 Å². The molecule has 0 amide bonds. The second-order valence-electron chi connectivity index (χ2n) is 3.82. The van der Waals surface area contributed by atoms with Gasteiger partial charge in [-0.15, -0.1) is 0 Å². The van der Waals surface area contributed by atoms with Gasteiger partial charge < -0.3 is 10.8 Å². The van der Waals surface area contributed by atoms with Crippen molar-refractivity contribution in [1.29, 1.82) is 0 Å². The molecule has 3 N–H and O–H groups in total. The zero-order valence-corrected chi connectivity index (χ0v) is 9.45. The Balaban J connectivity index is 2.40. The summed E-state index contributed by atoms with van der Waals surface area (Å²) in [6.07, 6.45) is 0.928. The van der Waals surface area contributed by atoms with Gasteiger partial charge in [-0.05, 0) is 17.2 Å². The van der Waals surface area contributed by atoms with Gasteiger partial charge in [-0.3, -0.25) is 0 Å². The number of hydrogen-bond acceptors (Lipinski definition) is 2. The van der Waals surface area contributed by atoms with Crippen LogP contribution in [0.2, 0.25) is 0 Å². The van der Waals surface area contributed by atoms with E-state index in [1.54, 1.807) is 0 Å². The third kappa shape index (κ3) is 3.03. The minimum absolute atomic E-state index is 0.719. The first-order valence-corrected chi connectivity index (χ1v) is 5.53. The van der Waals surface area contributed by atoms with E-state index in [9.17, 15) is 5.11 Å². The lowest BCUT2D eigenvalue weighted by molar-refractivity contribution is 0.241. The number of aliphatic hydroxyl groups excluding tert-OH is 1. The van der Waals surface area contributed by atoms with E-state index in [4.69, 9.17) is 5.73 Å². The van der Waals surface area contributed by atoms with Crippen molar-refractivity contribution in [1.82, 2.24) is 0 Å². The average Bonchev–Trinajstić information content (AvgIpc) is 2.38. The van der Waals surface area contributed by atoms with Crippen LogP contribution in [0.15, 0.2) is 60.7 Å². The fraction of sp³-hybridized carbons (Fsp3) is 0.0667. The molecular weight excluding hydrogens is 210 g/mol. The third-order valence-corrected chi connectivity index (χ3v) is 2.55. The molecule has 17 heavy (non-hydrogen) atoms. The highest BCUT2D eigenvalue weighted by molar-refractivity contribution is 5.83. The summed E-state index contributed by atoms with van der Waals surface area (Å²) in [5.74, 6) is 0. The minimum atomic E-state index is -0.974. The van der Waals surface area contributed by atoms with Gasteiger partial charge in [-0.1, -0.05) is 60.7 Å². The van der Waals surface area contributed by atoms with Crippen molar-refractivity contribution in [3.8, 4) is 0 Å². The van der Waals surface area contributed by atoms with E-state index in [2.05, 4.69) is 0 Å². The molecule has 0 saturated carbocycles. The SMILES string of the molecule is N[C@H](O)/C(=C/c1ccccc1)c1ccccc1. The Morgan fingerprint density at radius 3 is 2.00 bits per heavy atom. The van der Waals surface area contributed by atoms with Gasteiger partial charge in [0.25, 0.3) is 0 Å². The summed E-state index contributed by atoms with van der Waals surface area (Å²) in [5.41, 5.74) is 8.28. The molecule has 0 aromatic heterocycles. The number of hydrogen-bond donors (Lipinski definition) is 2. The van der Waals surface area contributed by atoms with Crippen LogP contribution < -0.4 is 5.73 Å². The van der Waals surface area contributed by atoms with E-state index in [0.29, 0.717) is 0 Å². The molecule has 0 spiro atoms. The Bertz CT molecular complexity index is 489. The maximum Gasteiger partial charge on any atom is 0.129 e. The van der Waals surface area contributed by atoms with Crippen molar-refractivity contribution in [3.63, 3.8) is 0 Å². The van der Waals surface area contributed by atoms with E-state index >= 15 is 0 Å². The molecule has 2 aromatic carbocycles. The van der Waals surface area contributed by atoms with Crippen LogP contribution in [0.3, 0.4) is 0 Å². The van der Waals surface area contributed by atoms with Gasteiger partial charge in [0.2, 0.25) is 0 Å². The highest BCUT2D eigenvalue weighted by atomic mass is 16.3. The highest BCUT2D eigenvalue weighted by Gasteiger charge is 2.07. The summed E-state index contributed by atoms with van der Waals surface area (Å²) in [6, 6.07) is 19.5. The van der Waals surface area contributed by atoms with Gasteiger partial charge in [-0.2, -0.15) is 0 Å². The van der Waals surface area contributed by atoms with Crippen molar-refractivity contribution in [3.05, 3.63) is 71.8 Å². The van der Waals surface area contributed by atoms with Gasteiger partial charge in [0.05, 0.1) is 0 Å². The van der Waals surface area contributed by atoms with Gasteiger partial charge in [0.1, 0.15) is 6.23 Å². The fourth-order valence-corrected chi connectivity index (χ4v) is 1.70. The number of nitrogens with two attached hydrogens (primary N) is 1. The molecule has 2 rings (SSSR count). The molecule has 0 aliphatic carbocycles. The second kappa shape index (κ2) is 5.43. The summed E-state index contributed by atoms with van der Waals surface area (Å²) >= 11 is 0. The molecule has 0 fully saturated rings. The molecule has 0 heterocycles. The van der Waals surface area contributed by atoms with Crippen LogP contribution in [0.5, 0.6) is 0 Å². The van der Waals surface area contributed by atoms with Crippen LogP contribution in [0.4, 0.5) is 0 Å². The summed E-state index contributed by atoms with van der Waals surface area (Å²) in [5, 5.41) is 9.64. The number of aliphatic hydroxyl groups is 1. The first kappa shape index (κ1) is 11.6. The number of rotatable bonds is 3. The Labute approximate surface area is 101 Å². The van der Waals surface area contributed by atoms with Crippen molar-refractivity contribution < 1.29 is 5.11 Å². The summed E-state index contributed by atoms with van der Waals surface area (Å²) < 4.78 is 0. The van der Waals surface area contributed by atoms with E-state index in [1.165, 1.54) is 0 Å². The van der Waals surface area contributed by atoms with E-state index in [1.807, 2.05) is 66.7 Å². The van der Waals surface area contributed by atoms with E-state index in [-0.39, 0.29) is 0 Å². The largest absolute Gasteiger partial charge is 0.375 e. The predicted octanol–water partition coefficient (Wildman–Crippen LogP) is 2.50. The maximum atomic E-state index is 9.64. The minimum Gasteiger partial charge on any atom is -0.375 e. The maximum absolute atomic E-state index is 9.64. The van der Waals surface area contributed by atoms with Gasteiger partial charge in [0.15, 0.2) is 0 Å². The second-order valence-corrected chi connectivity index (χ2v) is 3.82. The third-order valence-electron chi connectivity index (χ3n) is 2.55. The fourth-order valence-electron chi connectivity index (χ4n) is 1.70. The smallest absolute Gasteiger partial charge is 0.129 e. The van der Waals surface area contributed by atoms with Crippen molar-refractivity contribution in [2.45, 2.75) is 6.23 Å². The first-order valence-electron chi connectivity index (χ1n) is 5.53. The molecule has 0 aliphatic rings. The zero-order chi connectivity index (χ0) is 12.1. The Morgan fingerprint density at radius 2 is 1.47 bits per heavy atom. The summed E-state index contributed by atoms with van der Waals surface area (Å²) in [7, 11) is 0. The monoisotopic (exact) mass is 225 g/mol. The van der Waals surface area contributed by atoms with Crippen LogP contribution in [0.25, 0.3) is 11.6 Å². The van der Waals surface area contributed by atoms with Crippen LogP contribution in [0.1, 0.15) is 11.1 Å². The highest BCUT2D eigenvalue weighted by Crippen LogP contribution is 2.19. The van der Waals surface area contributed by atoms with Crippen molar-refractivity contribution >= 4 is 11.6 Å². The van der Waals surface area contributed by atoms with Crippen molar-refractivity contribution in [2.75, 3.05) is 0 Å². The molecule has 2 nitrogen and oxygen atoms in total. The Morgan fingerprint density at radius 1 is 0.941 bits per heavy atom. The first-order chi connectivity index (χ1) is 8.27. The summed E-state index contributed by atoms with van der Waals surface area (Å²) in [4.78, 5) is 0. The number of benzene rings is 2. The van der Waals surface area contributed by atoms with Crippen LogP contribution in [-0.4, -0.2) is 11.3 Å². The molecule has 86 valence electrons. The van der Waals surface area contributed by atoms with E-state index < -0.39 is 6.23 Å². The lowest BCUT2D eigenvalue weighted by atomic mass is 10.0. The van der Waals surface area contributed by atoms with Crippen LogP contribution in [-0.2, 0) is 0 Å². The van der Waals surface area contributed by atoms with Gasteiger partial charge in [0, 0.05) is 5.57 Å². The van der Waals surface area contributed by atoms with E-state index in [0.717, 1.165) is 16.7 Å². The molecular formula is C15H15NO. The van der Waals surface area contributed by atoms with Crippen molar-refractivity contribution in [2.24, 2.45) is 5.73 Å². The molecule has 2 aromatic rings. The molecule has 0 bridgehead atoms. The Kier molecular flexibility index (Phi) is 3.70. The molecule has 0 unspecified atom stereocenters. The standard InChI is InChI=1S/C15H15NO/c16-15(17)14(13-9-5-2-6-10-13)11-12-7-3-1-4-8-12/h1-11,15,17H,16H2/b14-11+/t15-/m1/s1. The van der Waals surface area contributed by atoms with Gasteiger partial charge >= 0.3 is 0 Å². The predicted molar refractivity (Wildman–Crippen MR) is 70.9 cm³/mol. The topological polar surface area (TPSA) is 46.2 Å². The average molecular weight is 225 g/mol. The summed E-state index contributed by atoms with van der Waals surface area (Å²) in [6.45, 7) is 0. The lowest BCUT2D eigenvalue weighted by Crippen LogP contribution is -2.20. The lowest BCUT2D eigenvalue weighted by Gasteiger charge is -2.11. The molecule has 1 atom stereocenters. The van der Waals surface area contributed by atoms with Gasteiger partial charge in [-0.25, -0.2) is 0 Å². The Hall–Kier alpha value is -1.90. The normalized spacial score (nSPS) is 13.4. The van der Waals surface area contributed by atoms with Crippen LogP contribution >= 0.6 is 0 Å².